The van der Waals surface area contributed by atoms with Gasteiger partial charge in [0.2, 0.25) is 5.91 Å². The average molecular weight is 292 g/mol. The first-order chi connectivity index (χ1) is 9.95. The Morgan fingerprint density at radius 1 is 1.24 bits per heavy atom. The van der Waals surface area contributed by atoms with Crippen molar-refractivity contribution in [3.05, 3.63) is 35.9 Å². The predicted octanol–water partition coefficient (Wildman–Crippen LogP) is 1.78. The van der Waals surface area contributed by atoms with E-state index in [0.29, 0.717) is 6.42 Å². The summed E-state index contributed by atoms with van der Waals surface area (Å²) in [5.41, 5.74) is 7.05. The molecule has 1 aromatic rings. The van der Waals surface area contributed by atoms with Gasteiger partial charge in [0.15, 0.2) is 0 Å². The third-order valence-corrected chi connectivity index (χ3v) is 3.35. The molecule has 0 saturated heterocycles. The number of hydrogen-bond acceptors (Lipinski definition) is 4. The van der Waals surface area contributed by atoms with Crippen LogP contribution < -0.4 is 11.1 Å². The van der Waals surface area contributed by atoms with Gasteiger partial charge in [-0.3, -0.25) is 4.79 Å². The number of hydrogen-bond donors (Lipinski definition) is 2. The zero-order valence-electron chi connectivity index (χ0n) is 12.8. The van der Waals surface area contributed by atoms with Crippen LogP contribution in [0.4, 0.5) is 0 Å². The number of carbonyl (C=O) groups excluding carboxylic acids is 2. The number of methoxy groups -OCH3 is 1. The van der Waals surface area contributed by atoms with E-state index < -0.39 is 12.0 Å². The zero-order valence-corrected chi connectivity index (χ0v) is 12.8. The normalized spacial score (nSPS) is 13.6. The fraction of sp³-hybridized carbons (Fsp3) is 0.500. The molecule has 0 fully saturated rings. The van der Waals surface area contributed by atoms with Gasteiger partial charge in [-0.1, -0.05) is 44.2 Å². The summed E-state index contributed by atoms with van der Waals surface area (Å²) in [5, 5.41) is 2.70. The lowest BCUT2D eigenvalue weighted by molar-refractivity contribution is -0.146. The van der Waals surface area contributed by atoms with Crippen molar-refractivity contribution in [3.8, 4) is 0 Å². The molecule has 3 N–H and O–H groups in total. The Labute approximate surface area is 125 Å². The summed E-state index contributed by atoms with van der Waals surface area (Å²) in [6.45, 7) is 3.72. The minimum atomic E-state index is -0.615. The Morgan fingerprint density at radius 3 is 2.38 bits per heavy atom. The molecule has 0 aliphatic carbocycles. The van der Waals surface area contributed by atoms with Crippen molar-refractivity contribution in [2.24, 2.45) is 11.7 Å². The fourth-order valence-electron chi connectivity index (χ4n) is 2.02. The number of ether oxygens (including phenoxy) is 1. The van der Waals surface area contributed by atoms with Crippen LogP contribution in [0.5, 0.6) is 0 Å². The van der Waals surface area contributed by atoms with Gasteiger partial charge < -0.3 is 15.8 Å². The molecule has 5 nitrogen and oxygen atoms in total. The van der Waals surface area contributed by atoms with Gasteiger partial charge in [-0.05, 0) is 17.9 Å². The van der Waals surface area contributed by atoms with Crippen molar-refractivity contribution in [2.75, 3.05) is 7.11 Å². The van der Waals surface area contributed by atoms with Gasteiger partial charge in [0.1, 0.15) is 6.04 Å². The summed E-state index contributed by atoms with van der Waals surface area (Å²) in [6.07, 6.45) is 0.804. The maximum atomic E-state index is 11.9. The second kappa shape index (κ2) is 8.42. The maximum Gasteiger partial charge on any atom is 0.328 e. The molecule has 2 atom stereocenters. The molecule has 0 radical (unpaired) electrons. The maximum absolute atomic E-state index is 11.9. The standard InChI is InChI=1S/C16H24N2O3/c1-11(2)15(16(20)21-3)18-14(19)10-9-13(17)12-7-5-4-6-8-12/h4-8,11,13,15H,9-10,17H2,1-3H3,(H,18,19). The smallest absolute Gasteiger partial charge is 0.328 e. The third-order valence-electron chi connectivity index (χ3n) is 3.35. The Hall–Kier alpha value is -1.88. The molecule has 1 amide bonds. The molecule has 2 unspecified atom stereocenters. The van der Waals surface area contributed by atoms with Gasteiger partial charge in [0.05, 0.1) is 7.11 Å². The molecule has 0 heterocycles. The van der Waals surface area contributed by atoms with Crippen LogP contribution in [0.2, 0.25) is 0 Å². The molecule has 0 aliphatic heterocycles. The molecule has 0 aromatic heterocycles. The Morgan fingerprint density at radius 2 is 1.86 bits per heavy atom. The van der Waals surface area contributed by atoms with Crippen molar-refractivity contribution >= 4 is 11.9 Å². The SMILES string of the molecule is COC(=O)C(NC(=O)CCC(N)c1ccccc1)C(C)C. The third kappa shape index (κ3) is 5.55. The van der Waals surface area contributed by atoms with Crippen LogP contribution in [-0.4, -0.2) is 25.0 Å². The molecule has 1 aromatic carbocycles. The molecule has 0 saturated carbocycles. The second-order valence-corrected chi connectivity index (χ2v) is 5.37. The van der Waals surface area contributed by atoms with E-state index in [1.807, 2.05) is 44.2 Å². The monoisotopic (exact) mass is 292 g/mol. The van der Waals surface area contributed by atoms with E-state index in [0.717, 1.165) is 5.56 Å². The summed E-state index contributed by atoms with van der Waals surface area (Å²) in [6, 6.07) is 8.83. The van der Waals surface area contributed by atoms with E-state index in [1.54, 1.807) is 0 Å². The van der Waals surface area contributed by atoms with Crippen molar-refractivity contribution in [1.82, 2.24) is 5.32 Å². The van der Waals surface area contributed by atoms with Crippen LogP contribution in [0.25, 0.3) is 0 Å². The molecule has 0 bridgehead atoms. The van der Waals surface area contributed by atoms with E-state index in [9.17, 15) is 9.59 Å². The van der Waals surface area contributed by atoms with E-state index in [2.05, 4.69) is 5.32 Å². The topological polar surface area (TPSA) is 81.4 Å². The number of rotatable bonds is 7. The fourth-order valence-corrected chi connectivity index (χ4v) is 2.02. The number of benzene rings is 1. The molecule has 0 spiro atoms. The summed E-state index contributed by atoms with van der Waals surface area (Å²) >= 11 is 0. The highest BCUT2D eigenvalue weighted by Gasteiger charge is 2.24. The van der Waals surface area contributed by atoms with Crippen LogP contribution in [0.15, 0.2) is 30.3 Å². The Bertz CT molecular complexity index is 460. The summed E-state index contributed by atoms with van der Waals surface area (Å²) in [5.74, 6) is -0.639. The van der Waals surface area contributed by atoms with Crippen molar-refractivity contribution in [1.29, 1.82) is 0 Å². The first-order valence-corrected chi connectivity index (χ1v) is 7.13. The highest BCUT2D eigenvalue weighted by Crippen LogP contribution is 2.15. The summed E-state index contributed by atoms with van der Waals surface area (Å²) < 4.78 is 4.69. The minimum Gasteiger partial charge on any atom is -0.467 e. The first kappa shape index (κ1) is 17.2. The summed E-state index contributed by atoms with van der Waals surface area (Å²) in [7, 11) is 1.31. The van der Waals surface area contributed by atoms with Crippen LogP contribution >= 0.6 is 0 Å². The van der Waals surface area contributed by atoms with Crippen LogP contribution in [0, 0.1) is 5.92 Å². The number of amides is 1. The van der Waals surface area contributed by atoms with Crippen molar-refractivity contribution in [2.45, 2.75) is 38.8 Å². The number of nitrogens with two attached hydrogens (primary N) is 1. The van der Waals surface area contributed by atoms with Crippen molar-refractivity contribution in [3.63, 3.8) is 0 Å². The quantitative estimate of drug-likeness (QED) is 0.751. The zero-order chi connectivity index (χ0) is 15.8. The highest BCUT2D eigenvalue weighted by atomic mass is 16.5. The van der Waals surface area contributed by atoms with Gasteiger partial charge >= 0.3 is 5.97 Å². The molecule has 5 heteroatoms. The lowest BCUT2D eigenvalue weighted by Crippen LogP contribution is -2.45. The molecular weight excluding hydrogens is 268 g/mol. The van der Waals surface area contributed by atoms with Crippen LogP contribution in [-0.2, 0) is 14.3 Å². The lowest BCUT2D eigenvalue weighted by Gasteiger charge is -2.20. The minimum absolute atomic E-state index is 0.0239. The van der Waals surface area contributed by atoms with Gasteiger partial charge in [-0.15, -0.1) is 0 Å². The van der Waals surface area contributed by atoms with E-state index in [1.165, 1.54) is 7.11 Å². The number of esters is 1. The molecular formula is C16H24N2O3. The summed E-state index contributed by atoms with van der Waals surface area (Å²) in [4.78, 5) is 23.5. The first-order valence-electron chi connectivity index (χ1n) is 7.13. The lowest BCUT2D eigenvalue weighted by atomic mass is 10.0. The van der Waals surface area contributed by atoms with Crippen LogP contribution in [0.3, 0.4) is 0 Å². The van der Waals surface area contributed by atoms with Crippen LogP contribution in [0.1, 0.15) is 38.3 Å². The largest absolute Gasteiger partial charge is 0.467 e. The Balaban J connectivity index is 2.48. The van der Waals surface area contributed by atoms with Gasteiger partial charge in [0, 0.05) is 12.5 Å². The average Bonchev–Trinajstić information content (AvgIpc) is 2.50. The van der Waals surface area contributed by atoms with Crippen molar-refractivity contribution < 1.29 is 14.3 Å². The second-order valence-electron chi connectivity index (χ2n) is 5.37. The molecule has 1 rings (SSSR count). The predicted molar refractivity (Wildman–Crippen MR) is 81.4 cm³/mol. The molecule has 21 heavy (non-hydrogen) atoms. The van der Waals surface area contributed by atoms with E-state index in [4.69, 9.17) is 10.5 Å². The molecule has 116 valence electrons. The van der Waals surface area contributed by atoms with Gasteiger partial charge in [-0.2, -0.15) is 0 Å². The number of carbonyl (C=O) groups is 2. The van der Waals surface area contributed by atoms with Gasteiger partial charge in [0.25, 0.3) is 0 Å². The Kier molecular flexibility index (Phi) is 6.88. The molecule has 0 aliphatic rings. The van der Waals surface area contributed by atoms with E-state index >= 15 is 0 Å². The highest BCUT2D eigenvalue weighted by molar-refractivity contribution is 5.84. The van der Waals surface area contributed by atoms with Gasteiger partial charge in [-0.25, -0.2) is 4.79 Å². The number of nitrogens with one attached hydrogen (secondary N) is 1. The van der Waals surface area contributed by atoms with E-state index in [-0.39, 0.29) is 24.3 Å².